The molecule has 2 aromatic rings. The van der Waals surface area contributed by atoms with Crippen molar-refractivity contribution in [1.82, 2.24) is 14.5 Å². The number of morpholine rings is 1. The highest BCUT2D eigenvalue weighted by Gasteiger charge is 2.23. The van der Waals surface area contributed by atoms with Gasteiger partial charge in [-0.15, -0.1) is 11.3 Å². The summed E-state index contributed by atoms with van der Waals surface area (Å²) in [6.07, 6.45) is 5.25. The monoisotopic (exact) mass is 407 g/mol. The minimum atomic E-state index is 0.0718. The molecule has 1 fully saturated rings. The van der Waals surface area contributed by atoms with Crippen LogP contribution in [0.4, 0.5) is 0 Å². The molecule has 8 heteroatoms. The van der Waals surface area contributed by atoms with Crippen molar-refractivity contribution in [3.8, 4) is 0 Å². The van der Waals surface area contributed by atoms with Crippen LogP contribution in [0.15, 0.2) is 9.95 Å². The normalized spacial score (nSPS) is 17.3. The third kappa shape index (κ3) is 3.79. The van der Waals surface area contributed by atoms with E-state index in [1.165, 1.54) is 28.6 Å². The van der Waals surface area contributed by atoms with E-state index in [0.29, 0.717) is 43.8 Å². The van der Waals surface area contributed by atoms with E-state index in [-0.39, 0.29) is 11.5 Å². The minimum Gasteiger partial charge on any atom is -0.378 e. The van der Waals surface area contributed by atoms with Gasteiger partial charge in [0, 0.05) is 24.5 Å². The topological polar surface area (TPSA) is 64.4 Å². The first-order chi connectivity index (χ1) is 13.2. The predicted molar refractivity (Wildman–Crippen MR) is 109 cm³/mol. The number of ether oxygens (including phenoxy) is 1. The van der Waals surface area contributed by atoms with E-state index >= 15 is 0 Å². The van der Waals surface area contributed by atoms with Crippen molar-refractivity contribution < 1.29 is 9.53 Å². The van der Waals surface area contributed by atoms with Crippen LogP contribution >= 0.6 is 23.1 Å². The van der Waals surface area contributed by atoms with Gasteiger partial charge in [0.2, 0.25) is 5.91 Å². The van der Waals surface area contributed by atoms with Crippen molar-refractivity contribution in [3.63, 3.8) is 0 Å². The van der Waals surface area contributed by atoms with Gasteiger partial charge in [-0.1, -0.05) is 18.7 Å². The summed E-state index contributed by atoms with van der Waals surface area (Å²) in [5.74, 6) is 0.401. The molecule has 146 valence electrons. The quantitative estimate of drug-likeness (QED) is 0.563. The van der Waals surface area contributed by atoms with Crippen LogP contribution in [-0.4, -0.2) is 52.4 Å². The molecule has 2 aliphatic rings. The van der Waals surface area contributed by atoms with E-state index in [4.69, 9.17) is 9.72 Å². The molecule has 0 aromatic carbocycles. The van der Waals surface area contributed by atoms with Gasteiger partial charge in [0.05, 0.1) is 24.4 Å². The number of rotatable bonds is 5. The highest BCUT2D eigenvalue weighted by Crippen LogP contribution is 2.34. The average Bonchev–Trinajstić information content (AvgIpc) is 3.07. The summed E-state index contributed by atoms with van der Waals surface area (Å²) in [6, 6.07) is 0. The van der Waals surface area contributed by atoms with Gasteiger partial charge in [-0.05, 0) is 37.7 Å². The second-order valence-electron chi connectivity index (χ2n) is 7.02. The zero-order chi connectivity index (χ0) is 18.8. The van der Waals surface area contributed by atoms with E-state index in [9.17, 15) is 9.59 Å². The van der Waals surface area contributed by atoms with E-state index in [1.807, 2.05) is 4.90 Å². The molecule has 0 spiro atoms. The Hall–Kier alpha value is -1.38. The van der Waals surface area contributed by atoms with Crippen molar-refractivity contribution in [3.05, 3.63) is 20.8 Å². The van der Waals surface area contributed by atoms with Gasteiger partial charge in [-0.2, -0.15) is 0 Å². The summed E-state index contributed by atoms with van der Waals surface area (Å²) < 4.78 is 7.09. The number of fused-ring (bicyclic) bond motifs is 3. The molecule has 27 heavy (non-hydrogen) atoms. The van der Waals surface area contributed by atoms with E-state index in [2.05, 4.69) is 6.92 Å². The average molecular weight is 408 g/mol. The van der Waals surface area contributed by atoms with Crippen molar-refractivity contribution in [2.24, 2.45) is 0 Å². The number of nitrogens with zero attached hydrogens (tertiary/aromatic N) is 3. The molecule has 2 aromatic heterocycles. The number of carbonyl (C=O) groups is 1. The van der Waals surface area contributed by atoms with E-state index < -0.39 is 0 Å². The number of hydrogen-bond donors (Lipinski definition) is 0. The third-order valence-corrected chi connectivity index (χ3v) is 7.32. The van der Waals surface area contributed by atoms with Crippen LogP contribution in [0.2, 0.25) is 0 Å². The van der Waals surface area contributed by atoms with Crippen molar-refractivity contribution in [2.75, 3.05) is 32.1 Å². The van der Waals surface area contributed by atoms with Crippen LogP contribution in [-0.2, 0) is 28.9 Å². The molecule has 6 nitrogen and oxygen atoms in total. The summed E-state index contributed by atoms with van der Waals surface area (Å²) in [4.78, 5) is 34.5. The molecule has 1 amide bonds. The Morgan fingerprint density at radius 3 is 2.81 bits per heavy atom. The van der Waals surface area contributed by atoms with Crippen LogP contribution in [0.5, 0.6) is 0 Å². The van der Waals surface area contributed by atoms with Gasteiger partial charge in [-0.25, -0.2) is 4.98 Å². The van der Waals surface area contributed by atoms with Crippen LogP contribution in [0.25, 0.3) is 10.2 Å². The second kappa shape index (κ2) is 8.32. The van der Waals surface area contributed by atoms with Crippen molar-refractivity contribution >= 4 is 39.2 Å². The van der Waals surface area contributed by atoms with Crippen LogP contribution in [0.3, 0.4) is 0 Å². The molecule has 1 aliphatic carbocycles. The zero-order valence-electron chi connectivity index (χ0n) is 15.7. The fraction of sp³-hybridized carbons (Fsp3) is 0.632. The summed E-state index contributed by atoms with van der Waals surface area (Å²) in [7, 11) is 0. The molecule has 0 N–H and O–H groups in total. The number of aryl methyl sites for hydroxylation is 2. The highest BCUT2D eigenvalue weighted by molar-refractivity contribution is 7.99. The summed E-state index contributed by atoms with van der Waals surface area (Å²) in [6.45, 7) is 5.19. The Kier molecular flexibility index (Phi) is 5.85. The first kappa shape index (κ1) is 19.0. The first-order valence-electron chi connectivity index (χ1n) is 9.72. The Morgan fingerprint density at radius 2 is 2.04 bits per heavy atom. The van der Waals surface area contributed by atoms with Crippen LogP contribution < -0.4 is 5.56 Å². The highest BCUT2D eigenvalue weighted by atomic mass is 32.2. The maximum atomic E-state index is 13.2. The number of thioether (sulfide) groups is 1. The number of aromatic nitrogens is 2. The molecule has 0 radical (unpaired) electrons. The Bertz CT molecular complexity index is 900. The van der Waals surface area contributed by atoms with Gasteiger partial charge in [0.15, 0.2) is 5.16 Å². The van der Waals surface area contributed by atoms with Gasteiger partial charge < -0.3 is 9.64 Å². The van der Waals surface area contributed by atoms with Gasteiger partial charge >= 0.3 is 0 Å². The fourth-order valence-corrected chi connectivity index (χ4v) is 6.01. The Labute approximate surface area is 166 Å². The number of hydrogen-bond acceptors (Lipinski definition) is 6. The molecular formula is C19H25N3O3S2. The lowest BCUT2D eigenvalue weighted by molar-refractivity contribution is -0.132. The standard InChI is InChI=1S/C19H25N3O3S2/c1-2-7-22-18(24)16-13-5-3-4-6-14(13)27-17(16)20-19(22)26-12-15(23)21-8-10-25-11-9-21/h2-12H2,1H3. The predicted octanol–water partition coefficient (Wildman–Crippen LogP) is 2.70. The zero-order valence-corrected chi connectivity index (χ0v) is 17.3. The number of thiophene rings is 1. The summed E-state index contributed by atoms with van der Waals surface area (Å²) >= 11 is 3.06. The molecule has 0 atom stereocenters. The maximum Gasteiger partial charge on any atom is 0.263 e. The Morgan fingerprint density at radius 1 is 1.26 bits per heavy atom. The van der Waals surface area contributed by atoms with Crippen LogP contribution in [0.1, 0.15) is 36.6 Å². The van der Waals surface area contributed by atoms with Crippen molar-refractivity contribution in [1.29, 1.82) is 0 Å². The second-order valence-corrected chi connectivity index (χ2v) is 9.05. The molecule has 0 unspecified atom stereocenters. The maximum absolute atomic E-state index is 13.2. The largest absolute Gasteiger partial charge is 0.378 e. The molecule has 1 saturated heterocycles. The lowest BCUT2D eigenvalue weighted by Crippen LogP contribution is -2.41. The summed E-state index contributed by atoms with van der Waals surface area (Å²) in [5.41, 5.74) is 1.30. The van der Waals surface area contributed by atoms with Gasteiger partial charge in [0.25, 0.3) is 5.56 Å². The molecular weight excluding hydrogens is 382 g/mol. The minimum absolute atomic E-state index is 0.0718. The van der Waals surface area contributed by atoms with Crippen LogP contribution in [0, 0.1) is 0 Å². The first-order valence-corrected chi connectivity index (χ1v) is 11.5. The van der Waals surface area contributed by atoms with E-state index in [0.717, 1.165) is 35.9 Å². The third-order valence-electron chi connectivity index (χ3n) is 5.18. The SMILES string of the molecule is CCCn1c(SCC(=O)N2CCOCC2)nc2sc3c(c2c1=O)CCCC3. The fourth-order valence-electron chi connectivity index (χ4n) is 3.78. The summed E-state index contributed by atoms with van der Waals surface area (Å²) in [5, 5.41) is 1.50. The van der Waals surface area contributed by atoms with Crippen molar-refractivity contribution in [2.45, 2.75) is 50.7 Å². The molecule has 3 heterocycles. The molecule has 0 bridgehead atoms. The van der Waals surface area contributed by atoms with Gasteiger partial charge in [0.1, 0.15) is 4.83 Å². The molecule has 0 saturated carbocycles. The number of carbonyl (C=O) groups excluding carboxylic acids is 1. The lowest BCUT2D eigenvalue weighted by atomic mass is 9.97. The lowest BCUT2D eigenvalue weighted by Gasteiger charge is -2.26. The number of amides is 1. The molecule has 4 rings (SSSR count). The van der Waals surface area contributed by atoms with Gasteiger partial charge in [-0.3, -0.25) is 14.2 Å². The van der Waals surface area contributed by atoms with E-state index in [1.54, 1.807) is 15.9 Å². The molecule has 1 aliphatic heterocycles. The smallest absolute Gasteiger partial charge is 0.263 e. The Balaban J connectivity index is 1.64.